The van der Waals surface area contributed by atoms with E-state index in [2.05, 4.69) is 10.3 Å². The van der Waals surface area contributed by atoms with Gasteiger partial charge in [-0.3, -0.25) is 9.78 Å². The Balaban J connectivity index is 1.65. The van der Waals surface area contributed by atoms with Gasteiger partial charge in [0.05, 0.1) is 18.2 Å². The first-order valence-corrected chi connectivity index (χ1v) is 8.36. The van der Waals surface area contributed by atoms with Crippen molar-refractivity contribution >= 4 is 11.9 Å². The van der Waals surface area contributed by atoms with Crippen molar-refractivity contribution in [1.29, 1.82) is 0 Å². The normalized spacial score (nSPS) is 14.5. The van der Waals surface area contributed by atoms with Crippen molar-refractivity contribution in [1.82, 2.24) is 10.3 Å². The molecule has 0 bridgehead atoms. The molecule has 3 rings (SSSR count). The van der Waals surface area contributed by atoms with Gasteiger partial charge in [0.15, 0.2) is 11.6 Å². The predicted molar refractivity (Wildman–Crippen MR) is 91.7 cm³/mol. The van der Waals surface area contributed by atoms with E-state index in [0.717, 1.165) is 12.8 Å². The van der Waals surface area contributed by atoms with Crippen LogP contribution in [0.1, 0.15) is 52.2 Å². The highest BCUT2D eigenvalue weighted by molar-refractivity contribution is 5.95. The maximum Gasteiger partial charge on any atom is 0.335 e. The number of halogens is 1. The van der Waals surface area contributed by atoms with E-state index in [-0.39, 0.29) is 17.0 Å². The Morgan fingerprint density at radius 3 is 2.77 bits per heavy atom. The second kappa shape index (κ2) is 7.51. The largest absolute Gasteiger partial charge is 0.490 e. The van der Waals surface area contributed by atoms with E-state index >= 15 is 0 Å². The van der Waals surface area contributed by atoms with Gasteiger partial charge in [-0.25, -0.2) is 9.18 Å². The minimum atomic E-state index is -1.14. The van der Waals surface area contributed by atoms with Crippen LogP contribution < -0.4 is 10.1 Å². The minimum Gasteiger partial charge on any atom is -0.490 e. The molecule has 0 saturated heterocycles. The summed E-state index contributed by atoms with van der Waals surface area (Å²) in [5.74, 6) is -1.42. The molecule has 1 fully saturated rings. The molecule has 0 radical (unpaired) electrons. The topological polar surface area (TPSA) is 88.5 Å². The van der Waals surface area contributed by atoms with Crippen LogP contribution in [0, 0.1) is 11.7 Å². The molecule has 136 valence electrons. The lowest BCUT2D eigenvalue weighted by atomic mass is 10.1. The zero-order valence-corrected chi connectivity index (χ0v) is 14.2. The third kappa shape index (κ3) is 4.36. The molecule has 1 atom stereocenters. The van der Waals surface area contributed by atoms with Gasteiger partial charge in [-0.1, -0.05) is 6.07 Å². The summed E-state index contributed by atoms with van der Waals surface area (Å²) in [4.78, 5) is 27.1. The minimum absolute atomic E-state index is 0.0124. The Kier molecular flexibility index (Phi) is 5.16. The number of nitrogens with one attached hydrogen (secondary N) is 1. The fraction of sp³-hybridized carbons (Fsp3) is 0.316. The van der Waals surface area contributed by atoms with Gasteiger partial charge in [-0.05, 0) is 55.5 Å². The number of hydrogen-bond acceptors (Lipinski definition) is 4. The van der Waals surface area contributed by atoms with E-state index in [1.807, 2.05) is 0 Å². The number of amides is 1. The van der Waals surface area contributed by atoms with Crippen LogP contribution in [0.25, 0.3) is 0 Å². The molecule has 1 aliphatic carbocycles. The summed E-state index contributed by atoms with van der Waals surface area (Å²) in [6, 6.07) is 6.59. The number of nitrogens with zero attached hydrogens (tertiary/aromatic N) is 1. The van der Waals surface area contributed by atoms with Gasteiger partial charge in [0.25, 0.3) is 5.91 Å². The van der Waals surface area contributed by atoms with Gasteiger partial charge in [0.2, 0.25) is 0 Å². The predicted octanol–water partition coefficient (Wildman–Crippen LogP) is 3.20. The lowest BCUT2D eigenvalue weighted by Gasteiger charge is -2.15. The number of hydrogen-bond donors (Lipinski definition) is 2. The number of carboxylic acids is 1. The summed E-state index contributed by atoms with van der Waals surface area (Å²) in [5, 5.41) is 11.7. The van der Waals surface area contributed by atoms with Crippen LogP contribution in [0.2, 0.25) is 0 Å². The molecule has 2 N–H and O–H groups in total. The third-order valence-corrected chi connectivity index (χ3v) is 4.21. The molecule has 2 aromatic rings. The van der Waals surface area contributed by atoms with Crippen molar-refractivity contribution in [2.75, 3.05) is 6.61 Å². The quantitative estimate of drug-likeness (QED) is 0.793. The van der Waals surface area contributed by atoms with E-state index in [4.69, 9.17) is 9.84 Å². The van der Waals surface area contributed by atoms with E-state index < -0.39 is 23.7 Å². The number of aromatic nitrogens is 1. The zero-order chi connectivity index (χ0) is 18.7. The molecule has 6 nitrogen and oxygen atoms in total. The number of carboxylic acid groups (broad SMARTS) is 1. The average Bonchev–Trinajstić information content (AvgIpc) is 3.45. The van der Waals surface area contributed by atoms with Crippen molar-refractivity contribution in [3.63, 3.8) is 0 Å². The van der Waals surface area contributed by atoms with Gasteiger partial charge < -0.3 is 15.2 Å². The summed E-state index contributed by atoms with van der Waals surface area (Å²) < 4.78 is 19.6. The second-order valence-corrected chi connectivity index (χ2v) is 6.37. The van der Waals surface area contributed by atoms with Crippen LogP contribution in [0.3, 0.4) is 0 Å². The van der Waals surface area contributed by atoms with Crippen LogP contribution in [-0.4, -0.2) is 28.6 Å². The monoisotopic (exact) mass is 358 g/mol. The van der Waals surface area contributed by atoms with E-state index in [1.54, 1.807) is 19.1 Å². The van der Waals surface area contributed by atoms with E-state index in [0.29, 0.717) is 18.1 Å². The fourth-order valence-electron chi connectivity index (χ4n) is 2.44. The summed E-state index contributed by atoms with van der Waals surface area (Å²) in [6.07, 6.45) is 3.51. The van der Waals surface area contributed by atoms with Crippen LogP contribution in [-0.2, 0) is 0 Å². The van der Waals surface area contributed by atoms with Gasteiger partial charge in [-0.2, -0.15) is 0 Å². The zero-order valence-electron chi connectivity index (χ0n) is 14.2. The molecule has 1 unspecified atom stereocenters. The van der Waals surface area contributed by atoms with Crippen LogP contribution in [0.15, 0.2) is 36.5 Å². The van der Waals surface area contributed by atoms with Crippen LogP contribution in [0.5, 0.6) is 5.75 Å². The molecule has 0 spiro atoms. The molecule has 1 aliphatic rings. The molecule has 1 aromatic heterocycles. The molecular formula is C19H19FN2O4. The molecule has 1 saturated carbocycles. The van der Waals surface area contributed by atoms with Crippen molar-refractivity contribution in [2.45, 2.75) is 25.8 Å². The van der Waals surface area contributed by atoms with Crippen molar-refractivity contribution in [2.24, 2.45) is 5.92 Å². The highest BCUT2D eigenvalue weighted by Crippen LogP contribution is 2.30. The highest BCUT2D eigenvalue weighted by atomic mass is 19.1. The Bertz CT molecular complexity index is 836. The Morgan fingerprint density at radius 1 is 1.35 bits per heavy atom. The number of ether oxygens (including phenoxy) is 1. The van der Waals surface area contributed by atoms with Crippen molar-refractivity contribution in [3.8, 4) is 5.75 Å². The van der Waals surface area contributed by atoms with Gasteiger partial charge >= 0.3 is 5.97 Å². The molecule has 1 amide bonds. The Labute approximate surface area is 150 Å². The smallest absolute Gasteiger partial charge is 0.335 e. The molecule has 26 heavy (non-hydrogen) atoms. The van der Waals surface area contributed by atoms with Crippen LogP contribution >= 0.6 is 0 Å². The standard InChI is InChI=1S/C19H19FN2O4/c1-11(22-18(23)16-9-14(19(24)25)6-7-21-16)13-4-5-17(15(20)8-13)26-10-12-2-3-12/h4-9,11-12H,2-3,10H2,1H3,(H,22,23)(H,24,25). The molecule has 0 aliphatic heterocycles. The summed E-state index contributed by atoms with van der Waals surface area (Å²) in [5.41, 5.74) is 0.534. The lowest BCUT2D eigenvalue weighted by molar-refractivity contribution is 0.0696. The second-order valence-electron chi connectivity index (χ2n) is 6.37. The Hall–Kier alpha value is -2.96. The number of carbonyl (C=O) groups excluding carboxylic acids is 1. The molecule has 7 heteroatoms. The number of carbonyl (C=O) groups is 2. The lowest BCUT2D eigenvalue weighted by Crippen LogP contribution is -2.27. The van der Waals surface area contributed by atoms with Gasteiger partial charge in [0.1, 0.15) is 5.69 Å². The van der Waals surface area contributed by atoms with Gasteiger partial charge in [0, 0.05) is 6.20 Å². The van der Waals surface area contributed by atoms with E-state index in [9.17, 15) is 14.0 Å². The van der Waals surface area contributed by atoms with Gasteiger partial charge in [-0.15, -0.1) is 0 Å². The van der Waals surface area contributed by atoms with Crippen LogP contribution in [0.4, 0.5) is 4.39 Å². The first kappa shape index (κ1) is 17.8. The summed E-state index contributed by atoms with van der Waals surface area (Å²) in [6.45, 7) is 2.23. The number of aromatic carboxylic acids is 1. The number of benzene rings is 1. The van der Waals surface area contributed by atoms with E-state index in [1.165, 1.54) is 24.4 Å². The maximum absolute atomic E-state index is 14.2. The highest BCUT2D eigenvalue weighted by Gasteiger charge is 2.23. The molecule has 1 heterocycles. The fourth-order valence-corrected chi connectivity index (χ4v) is 2.44. The maximum atomic E-state index is 14.2. The summed E-state index contributed by atoms with van der Waals surface area (Å²) in [7, 11) is 0. The van der Waals surface area contributed by atoms with Crippen molar-refractivity contribution in [3.05, 3.63) is 59.2 Å². The first-order valence-electron chi connectivity index (χ1n) is 8.36. The number of rotatable bonds is 7. The average molecular weight is 358 g/mol. The Morgan fingerprint density at radius 2 is 2.12 bits per heavy atom. The molecular weight excluding hydrogens is 339 g/mol. The number of pyridine rings is 1. The summed E-state index contributed by atoms with van der Waals surface area (Å²) >= 11 is 0. The third-order valence-electron chi connectivity index (χ3n) is 4.21. The van der Waals surface area contributed by atoms with Crippen molar-refractivity contribution < 1.29 is 23.8 Å². The SMILES string of the molecule is CC(NC(=O)c1cc(C(=O)O)ccn1)c1ccc(OCC2CC2)c(F)c1. The first-order chi connectivity index (χ1) is 12.4. The molecule has 1 aromatic carbocycles.